The van der Waals surface area contributed by atoms with Crippen LogP contribution in [-0.4, -0.2) is 29.1 Å². The lowest BCUT2D eigenvalue weighted by molar-refractivity contribution is 0.695. The Morgan fingerprint density at radius 2 is 2.21 bits per heavy atom. The van der Waals surface area contributed by atoms with Gasteiger partial charge in [-0.15, -0.1) is 0 Å². The van der Waals surface area contributed by atoms with Crippen LogP contribution in [0.5, 0.6) is 0 Å². The standard InChI is InChI=1S/C9H11IN4/c10-7-3-12-4-13-9(7)14-8-5-1-11-2-6(5)8/h3-6,8,11H,1-2H2,(H,12,13,14). The summed E-state index contributed by atoms with van der Waals surface area (Å²) in [7, 11) is 0. The van der Waals surface area contributed by atoms with Crippen LogP contribution in [-0.2, 0) is 0 Å². The normalized spacial score (nSPS) is 33.9. The first kappa shape index (κ1) is 8.84. The highest BCUT2D eigenvalue weighted by Crippen LogP contribution is 2.43. The van der Waals surface area contributed by atoms with Crippen LogP contribution >= 0.6 is 22.6 Å². The van der Waals surface area contributed by atoms with E-state index < -0.39 is 0 Å². The fourth-order valence-corrected chi connectivity index (χ4v) is 2.66. The summed E-state index contributed by atoms with van der Waals surface area (Å²) in [6.07, 6.45) is 3.44. The lowest BCUT2D eigenvalue weighted by atomic mass is 10.4. The van der Waals surface area contributed by atoms with E-state index in [1.54, 1.807) is 6.33 Å². The van der Waals surface area contributed by atoms with Crippen molar-refractivity contribution in [2.24, 2.45) is 11.8 Å². The summed E-state index contributed by atoms with van der Waals surface area (Å²) in [5, 5.41) is 6.87. The number of nitrogens with zero attached hydrogens (tertiary/aromatic N) is 2. The number of fused-ring (bicyclic) bond motifs is 1. The SMILES string of the molecule is Ic1cncnc1NC1C2CNCC21. The van der Waals surface area contributed by atoms with Gasteiger partial charge in [0.25, 0.3) is 0 Å². The van der Waals surface area contributed by atoms with Crippen molar-refractivity contribution in [1.82, 2.24) is 15.3 Å². The molecule has 1 aromatic heterocycles. The Balaban J connectivity index is 1.71. The summed E-state index contributed by atoms with van der Waals surface area (Å²) < 4.78 is 1.10. The maximum absolute atomic E-state index is 4.24. The first-order chi connectivity index (χ1) is 6.86. The molecule has 5 heteroatoms. The fourth-order valence-electron chi connectivity index (χ4n) is 2.21. The van der Waals surface area contributed by atoms with Crippen LogP contribution in [0.2, 0.25) is 0 Å². The van der Waals surface area contributed by atoms with Gasteiger partial charge in [0.2, 0.25) is 0 Å². The van der Waals surface area contributed by atoms with Gasteiger partial charge in [0.1, 0.15) is 12.1 Å². The molecule has 3 rings (SSSR count). The van der Waals surface area contributed by atoms with E-state index in [1.807, 2.05) is 6.20 Å². The predicted octanol–water partition coefficient (Wildman–Crippen LogP) is 0.711. The molecule has 1 aliphatic carbocycles. The summed E-state index contributed by atoms with van der Waals surface area (Å²) in [5.74, 6) is 2.63. The van der Waals surface area contributed by atoms with Crippen molar-refractivity contribution < 1.29 is 0 Å². The Bertz CT molecular complexity index is 346. The minimum atomic E-state index is 0.639. The predicted molar refractivity (Wildman–Crippen MR) is 62.0 cm³/mol. The minimum Gasteiger partial charge on any atom is -0.366 e. The largest absolute Gasteiger partial charge is 0.366 e. The Hall–Kier alpha value is -0.430. The third kappa shape index (κ3) is 1.38. The summed E-state index contributed by atoms with van der Waals surface area (Å²) in [6, 6.07) is 0.639. The number of aromatic nitrogens is 2. The summed E-state index contributed by atoms with van der Waals surface area (Å²) in [6.45, 7) is 2.31. The van der Waals surface area contributed by atoms with Crippen LogP contribution < -0.4 is 10.6 Å². The van der Waals surface area contributed by atoms with Crippen LogP contribution in [0.15, 0.2) is 12.5 Å². The highest BCUT2D eigenvalue weighted by Gasteiger charge is 2.53. The maximum Gasteiger partial charge on any atom is 0.143 e. The smallest absolute Gasteiger partial charge is 0.143 e. The Kier molecular flexibility index (Phi) is 2.09. The zero-order chi connectivity index (χ0) is 9.54. The lowest BCUT2D eigenvalue weighted by Crippen LogP contribution is -2.22. The molecule has 1 saturated carbocycles. The van der Waals surface area contributed by atoms with Crippen LogP contribution in [0, 0.1) is 15.4 Å². The Morgan fingerprint density at radius 1 is 1.43 bits per heavy atom. The first-order valence-corrected chi connectivity index (χ1v) is 5.87. The molecule has 0 bridgehead atoms. The van der Waals surface area contributed by atoms with Crippen molar-refractivity contribution in [3.8, 4) is 0 Å². The monoisotopic (exact) mass is 302 g/mol. The zero-order valence-electron chi connectivity index (χ0n) is 7.57. The van der Waals surface area contributed by atoms with Gasteiger partial charge in [0, 0.05) is 25.3 Å². The third-order valence-corrected chi connectivity index (χ3v) is 3.85. The van der Waals surface area contributed by atoms with Gasteiger partial charge in [0.05, 0.1) is 3.57 Å². The third-order valence-electron chi connectivity index (χ3n) is 3.06. The highest BCUT2D eigenvalue weighted by molar-refractivity contribution is 14.1. The van der Waals surface area contributed by atoms with Crippen molar-refractivity contribution >= 4 is 28.4 Å². The van der Waals surface area contributed by atoms with Crippen molar-refractivity contribution in [3.63, 3.8) is 0 Å². The molecule has 4 nitrogen and oxygen atoms in total. The average Bonchev–Trinajstić information content (AvgIpc) is 2.64. The summed E-state index contributed by atoms with van der Waals surface area (Å²) >= 11 is 2.26. The molecule has 1 saturated heterocycles. The Labute approximate surface area is 96.0 Å². The van der Waals surface area contributed by atoms with Crippen LogP contribution in [0.1, 0.15) is 0 Å². The summed E-state index contributed by atoms with van der Waals surface area (Å²) in [5.41, 5.74) is 0. The van der Waals surface area contributed by atoms with E-state index in [4.69, 9.17) is 0 Å². The molecular formula is C9H11IN4. The molecule has 2 N–H and O–H groups in total. The van der Waals surface area contributed by atoms with E-state index in [-0.39, 0.29) is 0 Å². The number of hydrogen-bond acceptors (Lipinski definition) is 4. The van der Waals surface area contributed by atoms with Gasteiger partial charge < -0.3 is 10.6 Å². The Morgan fingerprint density at radius 3 is 2.93 bits per heavy atom. The molecular weight excluding hydrogens is 291 g/mol. The van der Waals surface area contributed by atoms with Crippen LogP contribution in [0.4, 0.5) is 5.82 Å². The zero-order valence-corrected chi connectivity index (χ0v) is 9.73. The highest BCUT2D eigenvalue weighted by atomic mass is 127. The van der Waals surface area contributed by atoms with Gasteiger partial charge in [-0.05, 0) is 34.4 Å². The quantitative estimate of drug-likeness (QED) is 0.790. The van der Waals surface area contributed by atoms with Gasteiger partial charge in [-0.3, -0.25) is 0 Å². The topological polar surface area (TPSA) is 49.8 Å². The molecule has 2 unspecified atom stereocenters. The molecule has 0 amide bonds. The van der Waals surface area contributed by atoms with Gasteiger partial charge in [0.15, 0.2) is 0 Å². The molecule has 2 aliphatic rings. The molecule has 1 aliphatic heterocycles. The number of hydrogen-bond donors (Lipinski definition) is 2. The second-order valence-electron chi connectivity index (χ2n) is 3.88. The van der Waals surface area contributed by atoms with E-state index >= 15 is 0 Å². The van der Waals surface area contributed by atoms with E-state index in [0.717, 1.165) is 34.3 Å². The number of anilines is 1. The fraction of sp³-hybridized carbons (Fsp3) is 0.556. The number of halogens is 1. The van der Waals surface area contributed by atoms with Gasteiger partial charge in [-0.25, -0.2) is 9.97 Å². The van der Waals surface area contributed by atoms with Crippen molar-refractivity contribution in [2.45, 2.75) is 6.04 Å². The van der Waals surface area contributed by atoms with Gasteiger partial charge in [-0.1, -0.05) is 0 Å². The maximum atomic E-state index is 4.24. The molecule has 74 valence electrons. The molecule has 0 aromatic carbocycles. The van der Waals surface area contributed by atoms with Crippen molar-refractivity contribution in [3.05, 3.63) is 16.1 Å². The second kappa shape index (κ2) is 3.30. The summed E-state index contributed by atoms with van der Waals surface area (Å²) in [4.78, 5) is 8.21. The number of nitrogens with one attached hydrogen (secondary N) is 2. The van der Waals surface area contributed by atoms with Crippen LogP contribution in [0.3, 0.4) is 0 Å². The van der Waals surface area contributed by atoms with E-state index in [9.17, 15) is 0 Å². The van der Waals surface area contributed by atoms with Gasteiger partial charge in [-0.2, -0.15) is 0 Å². The molecule has 2 fully saturated rings. The minimum absolute atomic E-state index is 0.639. The van der Waals surface area contributed by atoms with E-state index in [1.165, 1.54) is 0 Å². The molecule has 14 heavy (non-hydrogen) atoms. The van der Waals surface area contributed by atoms with E-state index in [0.29, 0.717) is 6.04 Å². The van der Waals surface area contributed by atoms with Gasteiger partial charge >= 0.3 is 0 Å². The molecule has 2 atom stereocenters. The molecule has 0 radical (unpaired) electrons. The number of rotatable bonds is 2. The van der Waals surface area contributed by atoms with Crippen molar-refractivity contribution in [1.29, 1.82) is 0 Å². The number of piperidine rings is 1. The lowest BCUT2D eigenvalue weighted by Gasteiger charge is -2.08. The second-order valence-corrected chi connectivity index (χ2v) is 5.04. The van der Waals surface area contributed by atoms with Crippen LogP contribution in [0.25, 0.3) is 0 Å². The van der Waals surface area contributed by atoms with Crippen molar-refractivity contribution in [2.75, 3.05) is 18.4 Å². The molecule has 2 heterocycles. The molecule has 0 spiro atoms. The molecule has 1 aromatic rings. The average molecular weight is 302 g/mol. The van der Waals surface area contributed by atoms with E-state index in [2.05, 4.69) is 43.2 Å². The first-order valence-electron chi connectivity index (χ1n) is 4.79.